The zero-order valence-corrected chi connectivity index (χ0v) is 9.88. The number of aliphatic imine (C=N–C) groups is 1. The molecule has 0 saturated carbocycles. The first kappa shape index (κ1) is 12.1. The van der Waals surface area contributed by atoms with Gasteiger partial charge in [-0.15, -0.1) is 0 Å². The molecule has 0 bridgehead atoms. The Kier molecular flexibility index (Phi) is 4.12. The van der Waals surface area contributed by atoms with Gasteiger partial charge in [-0.25, -0.2) is 0 Å². The minimum absolute atomic E-state index is 0.0323. The van der Waals surface area contributed by atoms with Crippen molar-refractivity contribution in [3.05, 3.63) is 35.9 Å². The monoisotopic (exact) mass is 233 g/mol. The molecule has 2 atom stereocenters. The maximum absolute atomic E-state index is 5.87. The molecule has 0 spiro atoms. The highest BCUT2D eigenvalue weighted by molar-refractivity contribution is 5.80. The Balaban J connectivity index is 2.20. The van der Waals surface area contributed by atoms with Crippen LogP contribution in [0.5, 0.6) is 0 Å². The Morgan fingerprint density at radius 3 is 2.82 bits per heavy atom. The summed E-state index contributed by atoms with van der Waals surface area (Å²) in [5.41, 5.74) is 12.9. The molecule has 1 aliphatic rings. The molecule has 4 nitrogen and oxygen atoms in total. The lowest BCUT2D eigenvalue weighted by molar-refractivity contribution is 0.127. The zero-order valence-electron chi connectivity index (χ0n) is 9.88. The lowest BCUT2D eigenvalue weighted by atomic mass is 9.92. The first-order chi connectivity index (χ1) is 8.31. The quantitative estimate of drug-likeness (QED) is 0.813. The summed E-state index contributed by atoms with van der Waals surface area (Å²) in [5, 5.41) is 0. The highest BCUT2D eigenvalue weighted by atomic mass is 16.5. The Hall–Kier alpha value is -1.39. The first-order valence-corrected chi connectivity index (χ1v) is 5.96. The van der Waals surface area contributed by atoms with Gasteiger partial charge in [-0.2, -0.15) is 0 Å². The first-order valence-electron chi connectivity index (χ1n) is 5.96. The highest BCUT2D eigenvalue weighted by Gasteiger charge is 2.23. The Labute approximate surface area is 102 Å². The Morgan fingerprint density at radius 1 is 1.35 bits per heavy atom. The summed E-state index contributed by atoms with van der Waals surface area (Å²) in [5.74, 6) is 0.842. The third-order valence-corrected chi connectivity index (χ3v) is 3.07. The van der Waals surface area contributed by atoms with Gasteiger partial charge in [0.05, 0.1) is 25.1 Å². The molecule has 4 heteroatoms. The van der Waals surface area contributed by atoms with Gasteiger partial charge >= 0.3 is 0 Å². The van der Waals surface area contributed by atoms with Crippen molar-refractivity contribution in [1.82, 2.24) is 0 Å². The molecular formula is C13H19N3O. The van der Waals surface area contributed by atoms with E-state index in [1.165, 1.54) is 5.56 Å². The summed E-state index contributed by atoms with van der Waals surface area (Å²) in [4.78, 5) is 4.51. The van der Waals surface area contributed by atoms with Crippen molar-refractivity contribution in [2.24, 2.45) is 16.5 Å². The van der Waals surface area contributed by atoms with Crippen molar-refractivity contribution < 1.29 is 4.74 Å². The van der Waals surface area contributed by atoms with Crippen LogP contribution in [0.4, 0.5) is 0 Å². The molecule has 17 heavy (non-hydrogen) atoms. The summed E-state index contributed by atoms with van der Waals surface area (Å²) in [6.07, 6.45) is 0.711. The van der Waals surface area contributed by atoms with E-state index < -0.39 is 0 Å². The topological polar surface area (TPSA) is 73.6 Å². The van der Waals surface area contributed by atoms with E-state index in [4.69, 9.17) is 16.2 Å². The molecule has 2 rings (SSSR count). The molecule has 0 radical (unpaired) electrons. The smallest absolute Gasteiger partial charge is 0.0965 e. The van der Waals surface area contributed by atoms with E-state index >= 15 is 0 Å². The van der Waals surface area contributed by atoms with Crippen LogP contribution >= 0.6 is 0 Å². The van der Waals surface area contributed by atoms with Gasteiger partial charge in [0, 0.05) is 18.9 Å². The van der Waals surface area contributed by atoms with Gasteiger partial charge in [0.2, 0.25) is 0 Å². The van der Waals surface area contributed by atoms with Crippen molar-refractivity contribution in [3.63, 3.8) is 0 Å². The molecule has 92 valence electrons. The van der Waals surface area contributed by atoms with Crippen molar-refractivity contribution in [2.45, 2.75) is 18.4 Å². The van der Waals surface area contributed by atoms with E-state index in [2.05, 4.69) is 17.1 Å². The number of amidine groups is 1. The van der Waals surface area contributed by atoms with Gasteiger partial charge in [0.1, 0.15) is 0 Å². The van der Waals surface area contributed by atoms with Gasteiger partial charge in [0.25, 0.3) is 0 Å². The number of hydrogen-bond donors (Lipinski definition) is 2. The van der Waals surface area contributed by atoms with Crippen LogP contribution in [0, 0.1) is 0 Å². The predicted molar refractivity (Wildman–Crippen MR) is 69.1 cm³/mol. The number of rotatable bonds is 3. The van der Waals surface area contributed by atoms with Gasteiger partial charge in [-0.1, -0.05) is 30.3 Å². The maximum Gasteiger partial charge on any atom is 0.0965 e. The van der Waals surface area contributed by atoms with Crippen LogP contribution in [0.3, 0.4) is 0 Å². The lowest BCUT2D eigenvalue weighted by Crippen LogP contribution is -2.29. The van der Waals surface area contributed by atoms with Crippen LogP contribution < -0.4 is 11.5 Å². The average Bonchev–Trinajstić information content (AvgIpc) is 2.56. The predicted octanol–water partition coefficient (Wildman–Crippen LogP) is 0.875. The summed E-state index contributed by atoms with van der Waals surface area (Å²) < 4.78 is 5.53. The second-order valence-electron chi connectivity index (χ2n) is 4.27. The van der Waals surface area contributed by atoms with Gasteiger partial charge < -0.3 is 16.2 Å². The fraction of sp³-hybridized carbons (Fsp3) is 0.462. The number of nitrogens with zero attached hydrogens (tertiary/aromatic N) is 1. The van der Waals surface area contributed by atoms with E-state index in [-0.39, 0.29) is 12.0 Å². The SMILES string of the molecule is NCC(c1ccccc1)[C@H]1COCCC(N)=N1. The van der Waals surface area contributed by atoms with Gasteiger partial charge in [0.15, 0.2) is 0 Å². The van der Waals surface area contributed by atoms with Crippen LogP contribution in [-0.4, -0.2) is 31.6 Å². The van der Waals surface area contributed by atoms with E-state index in [9.17, 15) is 0 Å². The van der Waals surface area contributed by atoms with Crippen LogP contribution in [0.1, 0.15) is 17.9 Å². The van der Waals surface area contributed by atoms with E-state index in [0.717, 1.165) is 0 Å². The Morgan fingerprint density at radius 2 is 2.12 bits per heavy atom. The van der Waals surface area contributed by atoms with Crippen molar-refractivity contribution in [1.29, 1.82) is 0 Å². The third-order valence-electron chi connectivity index (χ3n) is 3.07. The van der Waals surface area contributed by atoms with Crippen LogP contribution in [0.15, 0.2) is 35.3 Å². The molecule has 4 N–H and O–H groups in total. The molecule has 1 unspecified atom stereocenters. The molecule has 0 aromatic heterocycles. The summed E-state index contributed by atoms with van der Waals surface area (Å²) in [7, 11) is 0. The van der Waals surface area contributed by atoms with E-state index in [0.29, 0.717) is 32.0 Å². The molecule has 0 aliphatic carbocycles. The van der Waals surface area contributed by atoms with Crippen molar-refractivity contribution in [2.75, 3.05) is 19.8 Å². The third kappa shape index (κ3) is 3.05. The molecule has 1 aromatic rings. The lowest BCUT2D eigenvalue weighted by Gasteiger charge is -2.22. The number of nitrogens with two attached hydrogens (primary N) is 2. The minimum atomic E-state index is 0.0323. The minimum Gasteiger partial charge on any atom is -0.387 e. The number of ether oxygens (including phenoxy) is 1. The molecule has 0 saturated heterocycles. The normalized spacial score (nSPS) is 22.6. The number of hydrogen-bond acceptors (Lipinski definition) is 4. The second-order valence-corrected chi connectivity index (χ2v) is 4.27. The van der Waals surface area contributed by atoms with Gasteiger partial charge in [-0.3, -0.25) is 4.99 Å². The van der Waals surface area contributed by atoms with Crippen molar-refractivity contribution >= 4 is 5.84 Å². The molecular weight excluding hydrogens is 214 g/mol. The fourth-order valence-corrected chi connectivity index (χ4v) is 2.12. The van der Waals surface area contributed by atoms with Crippen LogP contribution in [0.2, 0.25) is 0 Å². The molecule has 1 aliphatic heterocycles. The van der Waals surface area contributed by atoms with Gasteiger partial charge in [-0.05, 0) is 5.56 Å². The molecule has 1 heterocycles. The second kappa shape index (κ2) is 5.80. The summed E-state index contributed by atoms with van der Waals surface area (Å²) >= 11 is 0. The molecule has 0 fully saturated rings. The van der Waals surface area contributed by atoms with E-state index in [1.807, 2.05) is 18.2 Å². The van der Waals surface area contributed by atoms with Crippen LogP contribution in [-0.2, 0) is 4.74 Å². The summed E-state index contributed by atoms with van der Waals surface area (Å²) in [6.45, 7) is 1.80. The highest BCUT2D eigenvalue weighted by Crippen LogP contribution is 2.22. The Bertz CT molecular complexity index is 378. The largest absolute Gasteiger partial charge is 0.387 e. The standard InChI is InChI=1S/C13H19N3O/c14-8-11(10-4-2-1-3-5-10)12-9-17-7-6-13(15)16-12/h1-5,11-12H,6-9,14H2,(H2,15,16)/t11?,12-/m1/s1. The van der Waals surface area contributed by atoms with Crippen molar-refractivity contribution in [3.8, 4) is 0 Å². The maximum atomic E-state index is 5.87. The number of benzene rings is 1. The van der Waals surface area contributed by atoms with E-state index in [1.54, 1.807) is 0 Å². The summed E-state index contributed by atoms with van der Waals surface area (Å²) in [6, 6.07) is 10.2. The molecule has 1 aromatic carbocycles. The average molecular weight is 233 g/mol. The molecule has 0 amide bonds. The van der Waals surface area contributed by atoms with Crippen LogP contribution in [0.25, 0.3) is 0 Å². The zero-order chi connectivity index (χ0) is 12.1. The fourth-order valence-electron chi connectivity index (χ4n) is 2.12.